The Balaban J connectivity index is 0.00000338. The number of carbonyl (C=O) groups excluding carboxylic acids is 1. The van der Waals surface area contributed by atoms with Crippen LogP contribution in [-0.4, -0.2) is 32.0 Å². The average Bonchev–Trinajstić information content (AvgIpc) is 2.62. The maximum atomic E-state index is 12.1. The lowest BCUT2D eigenvalue weighted by atomic mass is 10.1. The first-order valence-electron chi connectivity index (χ1n) is 8.13. The summed E-state index contributed by atoms with van der Waals surface area (Å²) < 4.78 is 0.930. The number of guanidine groups is 1. The first-order chi connectivity index (χ1) is 12.1. The lowest BCUT2D eigenvalue weighted by Crippen LogP contribution is -2.42. The van der Waals surface area contributed by atoms with Crippen LogP contribution in [0, 0.1) is 6.92 Å². The van der Waals surface area contributed by atoms with E-state index < -0.39 is 0 Å². The molecule has 26 heavy (non-hydrogen) atoms. The molecule has 5 nitrogen and oxygen atoms in total. The standard InChI is InChI=1S/C19H23BrN4O.HI/c1-14-8-9-16(20)12-17(14)24-18(25)13-23-19(21-2)22-11-10-15-6-4-3-5-7-15;/h3-9,12H,10-11,13H2,1-2H3,(H,24,25)(H2,21,22,23);1H. The van der Waals surface area contributed by atoms with Crippen molar-refractivity contribution in [3.8, 4) is 0 Å². The number of hydrogen-bond donors (Lipinski definition) is 3. The van der Waals surface area contributed by atoms with E-state index in [4.69, 9.17) is 0 Å². The molecular weight excluding hydrogens is 507 g/mol. The SMILES string of the molecule is CN=C(NCCc1ccccc1)NCC(=O)Nc1cc(Br)ccc1C.I. The molecule has 0 saturated carbocycles. The highest BCUT2D eigenvalue weighted by Gasteiger charge is 2.06. The van der Waals surface area contributed by atoms with Gasteiger partial charge in [-0.1, -0.05) is 52.3 Å². The number of halogens is 2. The Morgan fingerprint density at radius 2 is 1.85 bits per heavy atom. The molecule has 0 bridgehead atoms. The number of nitrogens with one attached hydrogen (secondary N) is 3. The third-order valence-electron chi connectivity index (χ3n) is 3.66. The number of anilines is 1. The van der Waals surface area contributed by atoms with Gasteiger partial charge in [0.2, 0.25) is 5.91 Å². The maximum absolute atomic E-state index is 12.1. The first kappa shape index (κ1) is 22.4. The van der Waals surface area contributed by atoms with Crippen molar-refractivity contribution in [1.82, 2.24) is 10.6 Å². The van der Waals surface area contributed by atoms with Gasteiger partial charge in [0.1, 0.15) is 0 Å². The molecule has 3 N–H and O–H groups in total. The molecule has 0 unspecified atom stereocenters. The minimum absolute atomic E-state index is 0. The Kier molecular flexibility index (Phi) is 10.3. The fourth-order valence-electron chi connectivity index (χ4n) is 2.28. The molecule has 2 rings (SSSR count). The van der Waals surface area contributed by atoms with Gasteiger partial charge in [-0.2, -0.15) is 0 Å². The minimum Gasteiger partial charge on any atom is -0.356 e. The molecule has 2 aromatic rings. The lowest BCUT2D eigenvalue weighted by molar-refractivity contribution is -0.115. The topological polar surface area (TPSA) is 65.5 Å². The van der Waals surface area contributed by atoms with Gasteiger partial charge in [-0.3, -0.25) is 9.79 Å². The smallest absolute Gasteiger partial charge is 0.243 e. The zero-order valence-corrected chi connectivity index (χ0v) is 18.8. The molecule has 0 atom stereocenters. The molecular formula is C19H24BrIN4O. The van der Waals surface area contributed by atoms with Gasteiger partial charge in [0.15, 0.2) is 5.96 Å². The van der Waals surface area contributed by atoms with Crippen molar-refractivity contribution in [3.63, 3.8) is 0 Å². The second-order valence-corrected chi connectivity index (χ2v) is 6.51. The molecule has 140 valence electrons. The van der Waals surface area contributed by atoms with E-state index >= 15 is 0 Å². The summed E-state index contributed by atoms with van der Waals surface area (Å²) in [5.41, 5.74) is 3.07. The largest absolute Gasteiger partial charge is 0.356 e. The molecule has 0 radical (unpaired) electrons. The van der Waals surface area contributed by atoms with Crippen LogP contribution >= 0.6 is 39.9 Å². The van der Waals surface area contributed by atoms with Gasteiger partial charge >= 0.3 is 0 Å². The van der Waals surface area contributed by atoms with Crippen LogP contribution in [0.15, 0.2) is 58.0 Å². The zero-order chi connectivity index (χ0) is 18.1. The van der Waals surface area contributed by atoms with Gasteiger partial charge in [0, 0.05) is 23.8 Å². The van der Waals surface area contributed by atoms with E-state index in [1.165, 1.54) is 5.56 Å². The summed E-state index contributed by atoms with van der Waals surface area (Å²) in [5, 5.41) is 9.13. The number of hydrogen-bond acceptors (Lipinski definition) is 2. The Morgan fingerprint density at radius 1 is 1.12 bits per heavy atom. The van der Waals surface area contributed by atoms with E-state index in [-0.39, 0.29) is 36.4 Å². The van der Waals surface area contributed by atoms with E-state index in [2.05, 4.69) is 49.0 Å². The van der Waals surface area contributed by atoms with Crippen molar-refractivity contribution >= 4 is 57.5 Å². The highest BCUT2D eigenvalue weighted by molar-refractivity contribution is 14.0. The molecule has 2 aromatic carbocycles. The van der Waals surface area contributed by atoms with Crippen molar-refractivity contribution in [1.29, 1.82) is 0 Å². The van der Waals surface area contributed by atoms with Gasteiger partial charge in [-0.05, 0) is 36.6 Å². The molecule has 0 saturated heterocycles. The van der Waals surface area contributed by atoms with Gasteiger partial charge in [0.05, 0.1) is 6.54 Å². The Hall–Kier alpha value is -1.61. The zero-order valence-electron chi connectivity index (χ0n) is 14.9. The van der Waals surface area contributed by atoms with E-state index in [9.17, 15) is 4.79 Å². The number of aryl methyl sites for hydroxylation is 1. The molecule has 0 heterocycles. The predicted molar refractivity (Wildman–Crippen MR) is 122 cm³/mol. The number of benzene rings is 2. The van der Waals surface area contributed by atoms with Gasteiger partial charge in [0.25, 0.3) is 0 Å². The van der Waals surface area contributed by atoms with Crippen LogP contribution in [0.4, 0.5) is 5.69 Å². The van der Waals surface area contributed by atoms with Crippen LogP contribution in [0.5, 0.6) is 0 Å². The van der Waals surface area contributed by atoms with Crippen LogP contribution < -0.4 is 16.0 Å². The fourth-order valence-corrected chi connectivity index (χ4v) is 2.64. The highest BCUT2D eigenvalue weighted by atomic mass is 127. The summed E-state index contributed by atoms with van der Waals surface area (Å²) >= 11 is 3.41. The quantitative estimate of drug-likeness (QED) is 0.303. The van der Waals surface area contributed by atoms with Crippen molar-refractivity contribution in [2.24, 2.45) is 4.99 Å². The number of aliphatic imine (C=N–C) groups is 1. The normalized spacial score (nSPS) is 10.7. The summed E-state index contributed by atoms with van der Waals surface area (Å²) in [6.45, 7) is 2.85. The number of nitrogens with zero attached hydrogens (tertiary/aromatic N) is 1. The first-order valence-corrected chi connectivity index (χ1v) is 8.92. The molecule has 1 amide bonds. The number of rotatable bonds is 6. The van der Waals surface area contributed by atoms with E-state index in [0.29, 0.717) is 5.96 Å². The molecule has 0 fully saturated rings. The molecule has 0 aliphatic carbocycles. The average molecular weight is 531 g/mol. The van der Waals surface area contributed by atoms with Crippen LogP contribution in [0.2, 0.25) is 0 Å². The summed E-state index contributed by atoms with van der Waals surface area (Å²) in [6.07, 6.45) is 0.894. The molecule has 0 aliphatic rings. The minimum atomic E-state index is -0.118. The van der Waals surface area contributed by atoms with Crippen LogP contribution in [0.25, 0.3) is 0 Å². The fraction of sp³-hybridized carbons (Fsp3) is 0.263. The Morgan fingerprint density at radius 3 is 2.54 bits per heavy atom. The van der Waals surface area contributed by atoms with Crippen LogP contribution in [0.3, 0.4) is 0 Å². The van der Waals surface area contributed by atoms with Crippen molar-refractivity contribution < 1.29 is 4.79 Å². The summed E-state index contributed by atoms with van der Waals surface area (Å²) in [7, 11) is 1.69. The van der Waals surface area contributed by atoms with Gasteiger partial charge in [-0.25, -0.2) is 0 Å². The van der Waals surface area contributed by atoms with Crippen LogP contribution in [-0.2, 0) is 11.2 Å². The molecule has 0 spiro atoms. The second-order valence-electron chi connectivity index (χ2n) is 5.60. The highest BCUT2D eigenvalue weighted by Crippen LogP contribution is 2.20. The molecule has 7 heteroatoms. The van der Waals surface area contributed by atoms with Crippen molar-refractivity contribution in [3.05, 3.63) is 64.1 Å². The third kappa shape index (κ3) is 7.74. The van der Waals surface area contributed by atoms with E-state index in [0.717, 1.165) is 28.7 Å². The Labute approximate surface area is 180 Å². The van der Waals surface area contributed by atoms with Gasteiger partial charge < -0.3 is 16.0 Å². The summed E-state index contributed by atoms with van der Waals surface area (Å²) in [5.74, 6) is 0.490. The van der Waals surface area contributed by atoms with E-state index in [1.54, 1.807) is 7.05 Å². The van der Waals surface area contributed by atoms with Crippen molar-refractivity contribution in [2.75, 3.05) is 25.5 Å². The summed E-state index contributed by atoms with van der Waals surface area (Å²) in [6, 6.07) is 16.0. The number of carbonyl (C=O) groups is 1. The summed E-state index contributed by atoms with van der Waals surface area (Å²) in [4.78, 5) is 16.3. The Bertz CT molecular complexity index is 738. The van der Waals surface area contributed by atoms with E-state index in [1.807, 2.05) is 43.3 Å². The predicted octanol–water partition coefficient (Wildman–Crippen LogP) is 3.72. The lowest BCUT2D eigenvalue weighted by Gasteiger charge is -2.13. The number of amides is 1. The third-order valence-corrected chi connectivity index (χ3v) is 4.16. The van der Waals surface area contributed by atoms with Crippen LogP contribution in [0.1, 0.15) is 11.1 Å². The van der Waals surface area contributed by atoms with Gasteiger partial charge in [-0.15, -0.1) is 24.0 Å². The molecule has 0 aliphatic heterocycles. The monoisotopic (exact) mass is 530 g/mol. The molecule has 0 aromatic heterocycles. The second kappa shape index (κ2) is 11.9. The van der Waals surface area contributed by atoms with Crippen molar-refractivity contribution in [2.45, 2.75) is 13.3 Å². The maximum Gasteiger partial charge on any atom is 0.243 e.